The number of nitrogens with zero attached hydrogens (tertiary/aromatic N) is 2. The highest BCUT2D eigenvalue weighted by Gasteiger charge is 2.43. The normalized spacial score (nSPS) is 16.0. The van der Waals surface area contributed by atoms with Crippen molar-refractivity contribution in [1.29, 1.82) is 5.26 Å². The summed E-state index contributed by atoms with van der Waals surface area (Å²) in [6.07, 6.45) is 0. The SMILES string of the molecule is COC(=O)C1=C(C(=O)OC)N(c2ccc(C)c(O)c2Cl)C(N)=C(C#N)C1c1ccccc1. The summed E-state index contributed by atoms with van der Waals surface area (Å²) in [4.78, 5) is 27.1. The van der Waals surface area contributed by atoms with Crippen LogP contribution in [0, 0.1) is 18.3 Å². The summed E-state index contributed by atoms with van der Waals surface area (Å²) in [5, 5.41) is 20.2. The van der Waals surface area contributed by atoms with Crippen LogP contribution in [0.4, 0.5) is 5.69 Å². The van der Waals surface area contributed by atoms with Crippen LogP contribution in [0.2, 0.25) is 5.02 Å². The fourth-order valence-corrected chi connectivity index (χ4v) is 3.88. The van der Waals surface area contributed by atoms with Gasteiger partial charge in [0.15, 0.2) is 0 Å². The number of aromatic hydroxyl groups is 1. The Balaban J connectivity index is 2.46. The van der Waals surface area contributed by atoms with E-state index < -0.39 is 17.9 Å². The molecule has 3 rings (SSSR count). The Hall–Kier alpha value is -3.96. The van der Waals surface area contributed by atoms with E-state index in [9.17, 15) is 20.0 Å². The molecule has 8 nitrogen and oxygen atoms in total. The van der Waals surface area contributed by atoms with Gasteiger partial charge in [0.25, 0.3) is 0 Å². The zero-order chi connectivity index (χ0) is 23.6. The minimum absolute atomic E-state index is 0.000356. The Morgan fingerprint density at radius 1 is 1.12 bits per heavy atom. The van der Waals surface area contributed by atoms with Crippen molar-refractivity contribution in [3.8, 4) is 11.8 Å². The molecule has 1 unspecified atom stereocenters. The van der Waals surface area contributed by atoms with Crippen LogP contribution in [-0.4, -0.2) is 31.3 Å². The highest BCUT2D eigenvalue weighted by atomic mass is 35.5. The molecule has 1 heterocycles. The molecule has 9 heteroatoms. The first-order valence-electron chi connectivity index (χ1n) is 9.42. The van der Waals surface area contributed by atoms with Gasteiger partial charge in [-0.3, -0.25) is 4.90 Å². The number of carbonyl (C=O) groups excluding carboxylic acids is 2. The number of nitriles is 1. The van der Waals surface area contributed by atoms with Gasteiger partial charge in [-0.1, -0.05) is 48.0 Å². The van der Waals surface area contributed by atoms with Crippen molar-refractivity contribution in [2.24, 2.45) is 5.73 Å². The van der Waals surface area contributed by atoms with Crippen LogP contribution in [-0.2, 0) is 19.1 Å². The molecule has 0 bridgehead atoms. The standard InChI is InChI=1S/C23H20ClN3O5/c1-12-9-10-15(18(24)20(12)28)27-19(23(30)32-3)17(22(29)31-2)16(14(11-25)21(27)26)13-7-5-4-6-8-13/h4-10,16,28H,26H2,1-3H3. The highest BCUT2D eigenvalue weighted by molar-refractivity contribution is 6.35. The first-order chi connectivity index (χ1) is 15.3. The molecule has 0 fully saturated rings. The van der Waals surface area contributed by atoms with Gasteiger partial charge in [-0.15, -0.1) is 0 Å². The van der Waals surface area contributed by atoms with Crippen molar-refractivity contribution in [3.05, 3.63) is 81.3 Å². The van der Waals surface area contributed by atoms with E-state index in [1.165, 1.54) is 6.07 Å². The number of halogens is 1. The Morgan fingerprint density at radius 3 is 2.31 bits per heavy atom. The average molecular weight is 454 g/mol. The molecule has 2 aromatic carbocycles. The minimum Gasteiger partial charge on any atom is -0.506 e. The number of rotatable bonds is 4. The van der Waals surface area contributed by atoms with Crippen molar-refractivity contribution in [3.63, 3.8) is 0 Å². The van der Waals surface area contributed by atoms with Gasteiger partial charge >= 0.3 is 11.9 Å². The number of hydrogen-bond acceptors (Lipinski definition) is 8. The van der Waals surface area contributed by atoms with Gasteiger partial charge < -0.3 is 20.3 Å². The number of anilines is 1. The number of nitrogens with two attached hydrogens (primary N) is 1. The van der Waals surface area contributed by atoms with Gasteiger partial charge in [0.05, 0.1) is 43.0 Å². The second-order valence-electron chi connectivity index (χ2n) is 6.90. The Bertz CT molecular complexity index is 1200. The lowest BCUT2D eigenvalue weighted by atomic mass is 9.81. The van der Waals surface area contributed by atoms with Crippen molar-refractivity contribution < 1.29 is 24.2 Å². The summed E-state index contributed by atoms with van der Waals surface area (Å²) >= 11 is 6.37. The molecule has 0 radical (unpaired) electrons. The molecule has 2 aromatic rings. The fourth-order valence-electron chi connectivity index (χ4n) is 3.59. The van der Waals surface area contributed by atoms with Crippen LogP contribution in [0.25, 0.3) is 0 Å². The van der Waals surface area contributed by atoms with Crippen LogP contribution >= 0.6 is 11.6 Å². The van der Waals surface area contributed by atoms with Crippen LogP contribution in [0.1, 0.15) is 17.0 Å². The van der Waals surface area contributed by atoms with Crippen LogP contribution < -0.4 is 10.6 Å². The molecule has 0 saturated carbocycles. The number of ether oxygens (including phenoxy) is 2. The lowest BCUT2D eigenvalue weighted by Gasteiger charge is -2.36. The van der Waals surface area contributed by atoms with Crippen LogP contribution in [0.3, 0.4) is 0 Å². The Morgan fingerprint density at radius 2 is 1.75 bits per heavy atom. The number of allylic oxidation sites excluding steroid dienone is 1. The van der Waals surface area contributed by atoms with E-state index in [1.54, 1.807) is 43.3 Å². The molecule has 0 saturated heterocycles. The van der Waals surface area contributed by atoms with Gasteiger partial charge in [-0.05, 0) is 24.1 Å². The third-order valence-electron chi connectivity index (χ3n) is 5.15. The number of hydrogen-bond donors (Lipinski definition) is 2. The summed E-state index contributed by atoms with van der Waals surface area (Å²) in [5.74, 6) is -3.11. The second-order valence-corrected chi connectivity index (χ2v) is 7.28. The van der Waals surface area contributed by atoms with Crippen molar-refractivity contribution in [2.45, 2.75) is 12.8 Å². The van der Waals surface area contributed by atoms with E-state index in [1.807, 2.05) is 6.07 Å². The summed E-state index contributed by atoms with van der Waals surface area (Å²) < 4.78 is 9.91. The quantitative estimate of drug-likeness (QED) is 0.675. The smallest absolute Gasteiger partial charge is 0.355 e. The van der Waals surface area contributed by atoms with Gasteiger partial charge in [0.1, 0.15) is 22.3 Å². The number of aryl methyl sites for hydroxylation is 1. The summed E-state index contributed by atoms with van der Waals surface area (Å²) in [6, 6.07) is 13.8. The van der Waals surface area contributed by atoms with Gasteiger partial charge in [0, 0.05) is 0 Å². The second kappa shape index (κ2) is 9.04. The highest BCUT2D eigenvalue weighted by Crippen LogP contribution is 2.46. The molecule has 0 aromatic heterocycles. The molecular weight excluding hydrogens is 434 g/mol. The van der Waals surface area contributed by atoms with Gasteiger partial charge in [-0.25, -0.2) is 9.59 Å². The van der Waals surface area contributed by atoms with Crippen LogP contribution in [0.5, 0.6) is 5.75 Å². The summed E-state index contributed by atoms with van der Waals surface area (Å²) in [6.45, 7) is 1.64. The number of carbonyl (C=O) groups is 2. The van der Waals surface area contributed by atoms with E-state index >= 15 is 0 Å². The predicted molar refractivity (Wildman–Crippen MR) is 117 cm³/mol. The Kier molecular flexibility index (Phi) is 6.42. The molecule has 1 aliphatic heterocycles. The van der Waals surface area contributed by atoms with E-state index in [0.29, 0.717) is 11.1 Å². The fraction of sp³-hybridized carbons (Fsp3) is 0.174. The molecule has 0 spiro atoms. The van der Waals surface area contributed by atoms with E-state index in [0.717, 1.165) is 19.1 Å². The Labute approximate surface area is 189 Å². The van der Waals surface area contributed by atoms with E-state index in [4.69, 9.17) is 26.8 Å². The number of phenolic OH excluding ortho intramolecular Hbond substituents is 1. The zero-order valence-corrected chi connectivity index (χ0v) is 18.3. The zero-order valence-electron chi connectivity index (χ0n) is 17.5. The average Bonchev–Trinajstić information content (AvgIpc) is 2.81. The molecule has 0 amide bonds. The summed E-state index contributed by atoms with van der Waals surface area (Å²) in [5.41, 5.74) is 7.09. The molecule has 1 atom stereocenters. The third-order valence-corrected chi connectivity index (χ3v) is 5.52. The molecule has 1 aliphatic rings. The first-order valence-corrected chi connectivity index (χ1v) is 9.79. The largest absolute Gasteiger partial charge is 0.506 e. The number of benzene rings is 2. The van der Waals surface area contributed by atoms with Gasteiger partial charge in [-0.2, -0.15) is 5.26 Å². The molecule has 164 valence electrons. The third kappa shape index (κ3) is 3.63. The van der Waals surface area contributed by atoms with E-state index in [2.05, 4.69) is 0 Å². The van der Waals surface area contributed by atoms with Crippen LogP contribution in [0.15, 0.2) is 65.1 Å². The maximum atomic E-state index is 13.0. The van der Waals surface area contributed by atoms with Crippen molar-refractivity contribution in [1.82, 2.24) is 0 Å². The predicted octanol–water partition coefficient (Wildman–Crippen LogP) is 3.25. The minimum atomic E-state index is -0.989. The topological polar surface area (TPSA) is 126 Å². The van der Waals surface area contributed by atoms with Gasteiger partial charge in [0.2, 0.25) is 0 Å². The monoisotopic (exact) mass is 453 g/mol. The number of methoxy groups -OCH3 is 2. The maximum absolute atomic E-state index is 13.0. The molecule has 3 N–H and O–H groups in total. The first kappa shape index (κ1) is 22.7. The number of phenols is 1. The lowest BCUT2D eigenvalue weighted by molar-refractivity contribution is -0.139. The summed E-state index contributed by atoms with van der Waals surface area (Å²) in [7, 11) is 2.31. The molecular formula is C23H20ClN3O5. The lowest BCUT2D eigenvalue weighted by Crippen LogP contribution is -2.40. The number of esters is 2. The maximum Gasteiger partial charge on any atom is 0.355 e. The van der Waals surface area contributed by atoms with Crippen molar-refractivity contribution >= 4 is 29.2 Å². The molecule has 32 heavy (non-hydrogen) atoms. The van der Waals surface area contributed by atoms with Crippen molar-refractivity contribution in [2.75, 3.05) is 19.1 Å². The van der Waals surface area contributed by atoms with E-state index in [-0.39, 0.29) is 39.1 Å². The molecule has 0 aliphatic carbocycles.